The third-order valence-electron chi connectivity index (χ3n) is 3.51. The van der Waals surface area contributed by atoms with Crippen molar-refractivity contribution in [2.24, 2.45) is 0 Å². The summed E-state index contributed by atoms with van der Waals surface area (Å²) in [5, 5.41) is 2.49. The van der Waals surface area contributed by atoms with E-state index in [4.69, 9.17) is 4.74 Å². The van der Waals surface area contributed by atoms with Crippen LogP contribution >= 0.6 is 0 Å². The van der Waals surface area contributed by atoms with Gasteiger partial charge in [0.15, 0.2) is 0 Å². The maximum atomic E-state index is 13.2. The zero-order valence-corrected chi connectivity index (χ0v) is 13.0. The van der Waals surface area contributed by atoms with Crippen LogP contribution in [0.5, 0.6) is 5.88 Å². The number of alkyl halides is 3. The van der Waals surface area contributed by atoms with Crippen molar-refractivity contribution in [3.8, 4) is 5.88 Å². The van der Waals surface area contributed by atoms with Crippen LogP contribution in [0.15, 0.2) is 48.7 Å². The average molecular weight is 338 g/mol. The van der Waals surface area contributed by atoms with Gasteiger partial charge in [0.25, 0.3) is 0 Å². The number of hydrogen-bond donors (Lipinski definition) is 1. The minimum Gasteiger partial charge on any atom is -0.481 e. The number of carbonyl (C=O) groups excluding carboxylic acids is 1. The molecule has 1 aromatic heterocycles. The molecule has 0 fully saturated rings. The predicted molar refractivity (Wildman–Crippen MR) is 82.5 cm³/mol. The summed E-state index contributed by atoms with van der Waals surface area (Å²) in [6.07, 6.45) is -3.64. The van der Waals surface area contributed by atoms with Gasteiger partial charge in [0.1, 0.15) is 0 Å². The minimum atomic E-state index is -4.50. The van der Waals surface area contributed by atoms with Crippen molar-refractivity contribution in [2.45, 2.75) is 25.1 Å². The van der Waals surface area contributed by atoms with Crippen LogP contribution in [0.4, 0.5) is 13.2 Å². The van der Waals surface area contributed by atoms with Crippen molar-refractivity contribution >= 4 is 5.91 Å². The summed E-state index contributed by atoms with van der Waals surface area (Å²) in [7, 11) is 1.43. The maximum Gasteiger partial charge on any atom is 0.396 e. The topological polar surface area (TPSA) is 51.2 Å². The summed E-state index contributed by atoms with van der Waals surface area (Å²) < 4.78 is 44.8. The zero-order chi connectivity index (χ0) is 17.6. The van der Waals surface area contributed by atoms with E-state index in [-0.39, 0.29) is 12.1 Å². The van der Waals surface area contributed by atoms with E-state index in [1.165, 1.54) is 37.6 Å². The van der Waals surface area contributed by atoms with E-state index in [0.717, 1.165) is 0 Å². The van der Waals surface area contributed by atoms with Crippen molar-refractivity contribution in [3.63, 3.8) is 0 Å². The number of carbonyl (C=O) groups is 1. The number of rotatable bonds is 6. The van der Waals surface area contributed by atoms with E-state index >= 15 is 0 Å². The SMILES string of the molecule is COc1ncccc1CNC(=O)CC(c1ccccc1)C(F)(F)F. The maximum absolute atomic E-state index is 13.2. The molecule has 0 spiro atoms. The third-order valence-corrected chi connectivity index (χ3v) is 3.51. The summed E-state index contributed by atoms with van der Waals surface area (Å²) in [6, 6.07) is 10.8. The fourth-order valence-corrected chi connectivity index (χ4v) is 2.30. The van der Waals surface area contributed by atoms with Crippen LogP contribution in [0, 0.1) is 0 Å². The molecule has 1 N–H and O–H groups in total. The van der Waals surface area contributed by atoms with Gasteiger partial charge in [-0.2, -0.15) is 13.2 Å². The van der Waals surface area contributed by atoms with Gasteiger partial charge in [-0.3, -0.25) is 4.79 Å². The number of aromatic nitrogens is 1. The van der Waals surface area contributed by atoms with E-state index in [1.807, 2.05) is 0 Å². The van der Waals surface area contributed by atoms with E-state index in [2.05, 4.69) is 10.3 Å². The minimum absolute atomic E-state index is 0.0508. The number of methoxy groups -OCH3 is 1. The Morgan fingerprint density at radius 2 is 1.92 bits per heavy atom. The molecule has 1 unspecified atom stereocenters. The van der Waals surface area contributed by atoms with Gasteiger partial charge in [-0.25, -0.2) is 4.98 Å². The molecule has 0 saturated carbocycles. The molecular weight excluding hydrogens is 321 g/mol. The molecular formula is C17H17F3N2O2. The highest BCUT2D eigenvalue weighted by Gasteiger charge is 2.41. The molecule has 2 aromatic rings. The van der Waals surface area contributed by atoms with Crippen LogP contribution in [-0.2, 0) is 11.3 Å². The summed E-state index contributed by atoms with van der Waals surface area (Å²) >= 11 is 0. The molecule has 1 heterocycles. The largest absolute Gasteiger partial charge is 0.481 e. The van der Waals surface area contributed by atoms with Crippen LogP contribution in [-0.4, -0.2) is 24.2 Å². The van der Waals surface area contributed by atoms with Gasteiger partial charge < -0.3 is 10.1 Å². The molecule has 1 amide bonds. The Labute approximate surface area is 137 Å². The van der Waals surface area contributed by atoms with Gasteiger partial charge in [-0.05, 0) is 11.6 Å². The first-order valence-electron chi connectivity index (χ1n) is 7.28. The highest BCUT2D eigenvalue weighted by atomic mass is 19.4. The smallest absolute Gasteiger partial charge is 0.396 e. The number of amides is 1. The first kappa shape index (κ1) is 17.8. The van der Waals surface area contributed by atoms with Crippen LogP contribution in [0.25, 0.3) is 0 Å². The van der Waals surface area contributed by atoms with E-state index in [9.17, 15) is 18.0 Å². The number of ether oxygens (including phenoxy) is 1. The van der Waals surface area contributed by atoms with E-state index < -0.39 is 24.4 Å². The fourth-order valence-electron chi connectivity index (χ4n) is 2.30. The Balaban J connectivity index is 2.03. The summed E-state index contributed by atoms with van der Waals surface area (Å²) in [5.74, 6) is -2.20. The lowest BCUT2D eigenvalue weighted by atomic mass is 9.95. The molecule has 0 aliphatic heterocycles. The van der Waals surface area contributed by atoms with Crippen molar-refractivity contribution in [2.75, 3.05) is 7.11 Å². The Bertz CT molecular complexity index is 675. The predicted octanol–water partition coefficient (Wildman–Crippen LogP) is 3.44. The van der Waals surface area contributed by atoms with Crippen LogP contribution in [0.3, 0.4) is 0 Å². The Morgan fingerprint density at radius 3 is 2.54 bits per heavy atom. The number of nitrogens with one attached hydrogen (secondary N) is 1. The Morgan fingerprint density at radius 1 is 1.21 bits per heavy atom. The molecule has 1 aromatic carbocycles. The van der Waals surface area contributed by atoms with Gasteiger partial charge in [0.05, 0.1) is 13.0 Å². The molecule has 7 heteroatoms. The van der Waals surface area contributed by atoms with Gasteiger partial charge >= 0.3 is 6.18 Å². The number of pyridine rings is 1. The third kappa shape index (κ3) is 4.71. The molecule has 128 valence electrons. The first-order valence-corrected chi connectivity index (χ1v) is 7.28. The van der Waals surface area contributed by atoms with Crippen LogP contribution < -0.4 is 10.1 Å². The van der Waals surface area contributed by atoms with Crippen molar-refractivity contribution < 1.29 is 22.7 Å². The monoisotopic (exact) mass is 338 g/mol. The Kier molecular flexibility index (Phi) is 5.78. The van der Waals surface area contributed by atoms with Gasteiger partial charge in [-0.15, -0.1) is 0 Å². The molecule has 0 bridgehead atoms. The molecule has 2 rings (SSSR count). The second-order valence-corrected chi connectivity index (χ2v) is 5.16. The molecule has 0 saturated heterocycles. The van der Waals surface area contributed by atoms with E-state index in [1.54, 1.807) is 18.2 Å². The van der Waals surface area contributed by atoms with Gasteiger partial charge in [-0.1, -0.05) is 36.4 Å². The van der Waals surface area contributed by atoms with Crippen LogP contribution in [0.2, 0.25) is 0 Å². The molecule has 24 heavy (non-hydrogen) atoms. The number of nitrogens with zero attached hydrogens (tertiary/aromatic N) is 1. The van der Waals surface area contributed by atoms with Gasteiger partial charge in [0.2, 0.25) is 11.8 Å². The van der Waals surface area contributed by atoms with Crippen molar-refractivity contribution in [1.29, 1.82) is 0 Å². The lowest BCUT2D eigenvalue weighted by Gasteiger charge is -2.20. The molecule has 1 atom stereocenters. The molecule has 0 aliphatic carbocycles. The summed E-state index contributed by atoms with van der Waals surface area (Å²) in [5.41, 5.74) is 0.663. The van der Waals surface area contributed by atoms with E-state index in [0.29, 0.717) is 11.4 Å². The lowest BCUT2D eigenvalue weighted by molar-refractivity contribution is -0.157. The van der Waals surface area contributed by atoms with Crippen molar-refractivity contribution in [3.05, 3.63) is 59.8 Å². The first-order chi connectivity index (χ1) is 11.4. The summed E-state index contributed by atoms with van der Waals surface area (Å²) in [6.45, 7) is 0.0508. The lowest BCUT2D eigenvalue weighted by Crippen LogP contribution is -2.30. The number of halogens is 3. The number of benzene rings is 1. The highest BCUT2D eigenvalue weighted by Crippen LogP contribution is 2.37. The second-order valence-electron chi connectivity index (χ2n) is 5.16. The number of hydrogen-bond acceptors (Lipinski definition) is 3. The van der Waals surface area contributed by atoms with Crippen molar-refractivity contribution in [1.82, 2.24) is 10.3 Å². The summed E-state index contributed by atoms with van der Waals surface area (Å²) in [4.78, 5) is 15.9. The second kappa shape index (κ2) is 7.81. The quantitative estimate of drug-likeness (QED) is 0.878. The molecule has 0 radical (unpaired) electrons. The Hall–Kier alpha value is -2.57. The van der Waals surface area contributed by atoms with Gasteiger partial charge in [0, 0.05) is 24.7 Å². The van der Waals surface area contributed by atoms with Crippen LogP contribution in [0.1, 0.15) is 23.5 Å². The fraction of sp³-hybridized carbons (Fsp3) is 0.294. The highest BCUT2D eigenvalue weighted by molar-refractivity contribution is 5.77. The normalized spacial score (nSPS) is 12.5. The standard InChI is InChI=1S/C17H17F3N2O2/c1-24-16-13(8-5-9-21-16)11-22-15(23)10-14(17(18,19)20)12-6-3-2-4-7-12/h2-9,14H,10-11H2,1H3,(H,22,23). The molecule has 4 nitrogen and oxygen atoms in total. The average Bonchev–Trinajstić information content (AvgIpc) is 2.58. The zero-order valence-electron chi connectivity index (χ0n) is 13.0. The molecule has 0 aliphatic rings.